The average molecular weight is 574 g/mol. The molecule has 0 radical (unpaired) electrons. The molecule has 1 saturated heterocycles. The van der Waals surface area contributed by atoms with E-state index < -0.39 is 59.8 Å². The maximum absolute atomic E-state index is 13.7. The van der Waals surface area contributed by atoms with Gasteiger partial charge in [-0.1, -0.05) is 67.6 Å². The van der Waals surface area contributed by atoms with Crippen molar-refractivity contribution in [2.45, 2.75) is 57.0 Å². The molecule has 1 fully saturated rings. The van der Waals surface area contributed by atoms with E-state index in [9.17, 15) is 29.4 Å². The van der Waals surface area contributed by atoms with Gasteiger partial charge in [-0.05, 0) is 36.6 Å². The zero-order valence-electron chi connectivity index (χ0n) is 23.4. The van der Waals surface area contributed by atoms with E-state index in [0.717, 1.165) is 11.1 Å². The molecule has 1 unspecified atom stereocenters. The molecule has 11 nitrogen and oxygen atoms in total. The van der Waals surface area contributed by atoms with Crippen LogP contribution in [0.3, 0.4) is 0 Å². The number of nitrogens with one attached hydrogen (secondary N) is 4. The van der Waals surface area contributed by atoms with Gasteiger partial charge in [0.2, 0.25) is 17.7 Å². The third-order valence-electron chi connectivity index (χ3n) is 7.32. The lowest BCUT2D eigenvalue weighted by Crippen LogP contribution is -2.64. The smallest absolute Gasteiger partial charge is 0.274 e. The number of aliphatic hydroxyl groups excluding tert-OH is 1. The molecule has 2 heterocycles. The predicted octanol–water partition coefficient (Wildman–Crippen LogP) is 0.856. The van der Waals surface area contributed by atoms with Crippen LogP contribution in [0.25, 0.3) is 0 Å². The fourth-order valence-electron chi connectivity index (χ4n) is 4.87. The fraction of sp³-hybridized carbons (Fsp3) is 0.323. The topological polar surface area (TPSA) is 170 Å². The molecule has 1 aliphatic rings. The largest absolute Gasteiger partial charge is 0.505 e. The molecular weight excluding hydrogens is 538 g/mol. The molecule has 1 aromatic heterocycles. The van der Waals surface area contributed by atoms with Crippen LogP contribution >= 0.6 is 0 Å². The third-order valence-corrected chi connectivity index (χ3v) is 7.32. The first-order valence-electron chi connectivity index (χ1n) is 13.8. The van der Waals surface area contributed by atoms with Crippen molar-refractivity contribution < 1.29 is 29.4 Å². The molecule has 0 saturated carbocycles. The Kier molecular flexibility index (Phi) is 9.87. The second-order valence-electron chi connectivity index (χ2n) is 10.5. The number of hydrogen-bond donors (Lipinski definition) is 6. The average Bonchev–Trinajstić information content (AvgIpc) is 2.99. The zero-order chi connectivity index (χ0) is 30.2. The zero-order valence-corrected chi connectivity index (χ0v) is 23.4. The molecule has 42 heavy (non-hydrogen) atoms. The van der Waals surface area contributed by atoms with E-state index in [-0.39, 0.29) is 24.3 Å². The van der Waals surface area contributed by atoms with Gasteiger partial charge in [0.05, 0.1) is 24.1 Å². The number of amides is 4. The van der Waals surface area contributed by atoms with Gasteiger partial charge in [-0.15, -0.1) is 0 Å². The summed E-state index contributed by atoms with van der Waals surface area (Å²) in [4.78, 5) is 57.5. The van der Waals surface area contributed by atoms with Gasteiger partial charge in [-0.25, -0.2) is 4.98 Å². The Labute approximate surface area is 243 Å². The molecule has 0 aliphatic carbocycles. The van der Waals surface area contributed by atoms with Crippen LogP contribution in [0.4, 0.5) is 0 Å². The van der Waals surface area contributed by atoms with Crippen molar-refractivity contribution in [3.63, 3.8) is 0 Å². The van der Waals surface area contributed by atoms with Crippen LogP contribution in [-0.2, 0) is 27.2 Å². The normalized spacial score (nSPS) is 25.2. The van der Waals surface area contributed by atoms with Crippen LogP contribution in [-0.4, -0.2) is 69.1 Å². The molecule has 3 aromatic rings. The fourth-order valence-corrected chi connectivity index (χ4v) is 4.87. The van der Waals surface area contributed by atoms with Crippen LogP contribution in [0.5, 0.6) is 5.75 Å². The minimum absolute atomic E-state index is 0.159. The first-order chi connectivity index (χ1) is 20.1. The highest BCUT2D eigenvalue weighted by atomic mass is 16.3. The molecule has 1 aliphatic heterocycles. The van der Waals surface area contributed by atoms with Crippen molar-refractivity contribution in [1.29, 1.82) is 0 Å². The van der Waals surface area contributed by atoms with Crippen molar-refractivity contribution in [2.24, 2.45) is 5.92 Å². The van der Waals surface area contributed by atoms with Gasteiger partial charge in [0.25, 0.3) is 5.91 Å². The van der Waals surface area contributed by atoms with Crippen molar-refractivity contribution in [1.82, 2.24) is 26.3 Å². The van der Waals surface area contributed by atoms with E-state index >= 15 is 0 Å². The molecule has 4 rings (SSSR count). The Balaban J connectivity index is 1.69. The van der Waals surface area contributed by atoms with E-state index in [4.69, 9.17) is 0 Å². The second-order valence-corrected chi connectivity index (χ2v) is 10.5. The molecule has 0 spiro atoms. The standard InChI is InChI=1S/C31H35N5O6/c1-18-27(38)22(16-20-10-5-3-6-11-20)34-30(41)25(36-31(42)26-24(37)14-9-15-32-26)19(2)33-29(40)23(35-28(18)39)17-21-12-7-4-8-13-21/h3-15,18-19,22-23,25,27,37-38H,16-17H2,1-2H3,(H,33,40)(H,34,41)(H,35,39)(H,36,42)/t18-,19-,22+,23?,25+,27+/m1/s1. The number of aliphatic hydroxyl groups is 1. The highest BCUT2D eigenvalue weighted by molar-refractivity contribution is 5.98. The molecule has 6 N–H and O–H groups in total. The van der Waals surface area contributed by atoms with E-state index in [1.165, 1.54) is 25.3 Å². The van der Waals surface area contributed by atoms with E-state index in [1.54, 1.807) is 6.92 Å². The van der Waals surface area contributed by atoms with Crippen LogP contribution in [0, 0.1) is 5.92 Å². The van der Waals surface area contributed by atoms with E-state index in [2.05, 4.69) is 26.3 Å². The SMILES string of the molecule is C[C@H]1NC(=O)C(Cc2ccccc2)NC(=O)[C@H](C)[C@H](O)[C@H](Cc2ccccc2)NC(=O)[C@H]1NC(=O)c1ncccc1O. The van der Waals surface area contributed by atoms with Gasteiger partial charge in [-0.3, -0.25) is 19.2 Å². The first-order valence-corrected chi connectivity index (χ1v) is 13.8. The highest BCUT2D eigenvalue weighted by Crippen LogP contribution is 2.17. The lowest BCUT2D eigenvalue weighted by Gasteiger charge is -2.34. The van der Waals surface area contributed by atoms with E-state index in [0.29, 0.717) is 0 Å². The predicted molar refractivity (Wildman–Crippen MR) is 154 cm³/mol. The summed E-state index contributed by atoms with van der Waals surface area (Å²) in [7, 11) is 0. The summed E-state index contributed by atoms with van der Waals surface area (Å²) in [6.45, 7) is 3.07. The van der Waals surface area contributed by atoms with Crippen LogP contribution in [0.1, 0.15) is 35.5 Å². The van der Waals surface area contributed by atoms with Crippen molar-refractivity contribution in [3.8, 4) is 5.75 Å². The van der Waals surface area contributed by atoms with Gasteiger partial charge in [0.15, 0.2) is 5.69 Å². The number of nitrogens with zero attached hydrogens (tertiary/aromatic N) is 1. The van der Waals surface area contributed by atoms with Gasteiger partial charge in [-0.2, -0.15) is 0 Å². The Morgan fingerprint density at radius 2 is 1.43 bits per heavy atom. The molecule has 0 bridgehead atoms. The van der Waals surface area contributed by atoms with Gasteiger partial charge in [0, 0.05) is 12.6 Å². The molecular formula is C31H35N5O6. The second kappa shape index (κ2) is 13.7. The van der Waals surface area contributed by atoms with Crippen LogP contribution in [0.2, 0.25) is 0 Å². The first kappa shape index (κ1) is 30.2. The number of carbonyl (C=O) groups is 4. The summed E-state index contributed by atoms with van der Waals surface area (Å²) < 4.78 is 0. The summed E-state index contributed by atoms with van der Waals surface area (Å²) in [5, 5.41) is 32.4. The summed E-state index contributed by atoms with van der Waals surface area (Å²) >= 11 is 0. The Hall–Kier alpha value is -4.77. The molecule has 2 aromatic carbocycles. The quantitative estimate of drug-likeness (QED) is 0.254. The summed E-state index contributed by atoms with van der Waals surface area (Å²) in [5.74, 6) is -4.02. The van der Waals surface area contributed by atoms with Crippen molar-refractivity contribution in [2.75, 3.05) is 0 Å². The number of rotatable bonds is 6. The monoisotopic (exact) mass is 573 g/mol. The minimum atomic E-state index is -1.33. The highest BCUT2D eigenvalue weighted by Gasteiger charge is 2.38. The summed E-state index contributed by atoms with van der Waals surface area (Å²) in [5.41, 5.74) is 1.31. The maximum Gasteiger partial charge on any atom is 0.274 e. The lowest BCUT2D eigenvalue weighted by atomic mass is 9.91. The number of aromatic nitrogens is 1. The van der Waals surface area contributed by atoms with Gasteiger partial charge >= 0.3 is 0 Å². The Bertz CT molecular complexity index is 1400. The van der Waals surface area contributed by atoms with Crippen molar-refractivity contribution in [3.05, 3.63) is 95.8 Å². The van der Waals surface area contributed by atoms with Gasteiger partial charge in [0.1, 0.15) is 17.8 Å². The van der Waals surface area contributed by atoms with Crippen molar-refractivity contribution >= 4 is 23.6 Å². The minimum Gasteiger partial charge on any atom is -0.505 e. The number of carbonyl (C=O) groups excluding carboxylic acids is 4. The molecule has 11 heteroatoms. The third kappa shape index (κ3) is 7.49. The number of benzene rings is 2. The Morgan fingerprint density at radius 1 is 0.810 bits per heavy atom. The van der Waals surface area contributed by atoms with Gasteiger partial charge < -0.3 is 31.5 Å². The summed E-state index contributed by atoms with van der Waals surface area (Å²) in [6, 6.07) is 16.8. The number of hydrogen-bond acceptors (Lipinski definition) is 7. The molecule has 6 atom stereocenters. The van der Waals surface area contributed by atoms with Crippen LogP contribution < -0.4 is 21.3 Å². The Morgan fingerprint density at radius 3 is 2.05 bits per heavy atom. The lowest BCUT2D eigenvalue weighted by molar-refractivity contribution is -0.136. The molecule has 220 valence electrons. The summed E-state index contributed by atoms with van der Waals surface area (Å²) in [6.07, 6.45) is 0.347. The van der Waals surface area contributed by atoms with E-state index in [1.807, 2.05) is 60.7 Å². The molecule has 4 amide bonds. The van der Waals surface area contributed by atoms with Crippen LogP contribution in [0.15, 0.2) is 79.0 Å². The number of aromatic hydroxyl groups is 1. The number of pyridine rings is 1. The maximum atomic E-state index is 13.7.